The molecule has 0 saturated carbocycles. The molecule has 1 N–H and O–H groups in total. The highest BCUT2D eigenvalue weighted by Gasteiger charge is 2.15. The normalized spacial score (nSPS) is 22.4. The van der Waals surface area contributed by atoms with E-state index in [0.717, 1.165) is 31.7 Å². The molecule has 3 heteroatoms. The molecule has 0 aliphatic carbocycles. The zero-order valence-corrected chi connectivity index (χ0v) is 10.7. The van der Waals surface area contributed by atoms with E-state index in [-0.39, 0.29) is 5.82 Å². The van der Waals surface area contributed by atoms with E-state index in [1.807, 2.05) is 13.0 Å². The van der Waals surface area contributed by atoms with E-state index >= 15 is 0 Å². The van der Waals surface area contributed by atoms with Crippen LogP contribution >= 0.6 is 0 Å². The van der Waals surface area contributed by atoms with Gasteiger partial charge in [0.25, 0.3) is 0 Å². The van der Waals surface area contributed by atoms with Crippen LogP contribution in [0, 0.1) is 12.7 Å². The van der Waals surface area contributed by atoms with Gasteiger partial charge in [-0.2, -0.15) is 0 Å². The van der Waals surface area contributed by atoms with Crippen molar-refractivity contribution in [3.8, 4) is 0 Å². The first-order valence-corrected chi connectivity index (χ1v) is 6.36. The second kappa shape index (κ2) is 5.61. The van der Waals surface area contributed by atoms with E-state index in [2.05, 4.69) is 17.1 Å². The molecule has 0 amide bonds. The number of nitrogens with zero attached hydrogens (tertiary/aromatic N) is 1. The van der Waals surface area contributed by atoms with Crippen LogP contribution in [0.3, 0.4) is 0 Å². The van der Waals surface area contributed by atoms with Gasteiger partial charge in [0.2, 0.25) is 0 Å². The zero-order valence-electron chi connectivity index (χ0n) is 10.7. The third kappa shape index (κ3) is 3.51. The van der Waals surface area contributed by atoms with Crippen LogP contribution in [0.4, 0.5) is 4.39 Å². The van der Waals surface area contributed by atoms with Crippen LogP contribution in [-0.4, -0.2) is 30.6 Å². The van der Waals surface area contributed by atoms with Crippen LogP contribution in [-0.2, 0) is 6.54 Å². The van der Waals surface area contributed by atoms with Crippen LogP contribution < -0.4 is 5.32 Å². The number of nitrogens with one attached hydrogen (secondary N) is 1. The summed E-state index contributed by atoms with van der Waals surface area (Å²) in [4.78, 5) is 2.41. The van der Waals surface area contributed by atoms with Gasteiger partial charge in [0.1, 0.15) is 5.82 Å². The second-order valence-corrected chi connectivity index (χ2v) is 5.01. The molecule has 0 radical (unpaired) electrons. The number of benzene rings is 1. The summed E-state index contributed by atoms with van der Waals surface area (Å²) in [5, 5.41) is 3.47. The molecule has 1 aliphatic rings. The maximum atomic E-state index is 13.2. The third-order valence-electron chi connectivity index (χ3n) is 3.38. The molecular formula is C14H21FN2. The van der Waals surface area contributed by atoms with Crippen molar-refractivity contribution in [1.82, 2.24) is 10.2 Å². The summed E-state index contributed by atoms with van der Waals surface area (Å²) in [6.45, 7) is 8.32. The molecular weight excluding hydrogens is 215 g/mol. The maximum absolute atomic E-state index is 13.2. The number of rotatable bonds is 2. The predicted molar refractivity (Wildman–Crippen MR) is 68.5 cm³/mol. The quantitative estimate of drug-likeness (QED) is 0.847. The fraction of sp³-hybridized carbons (Fsp3) is 0.571. The highest BCUT2D eigenvalue weighted by Crippen LogP contribution is 2.14. The molecule has 1 saturated heterocycles. The number of aryl methyl sites for hydroxylation is 1. The smallest absolute Gasteiger partial charge is 0.123 e. The molecule has 2 nitrogen and oxygen atoms in total. The number of hydrogen-bond acceptors (Lipinski definition) is 2. The summed E-state index contributed by atoms with van der Waals surface area (Å²) in [6.07, 6.45) is 1.17. The summed E-state index contributed by atoms with van der Waals surface area (Å²) < 4.78 is 13.2. The van der Waals surface area contributed by atoms with Gasteiger partial charge < -0.3 is 5.32 Å². The van der Waals surface area contributed by atoms with Gasteiger partial charge in [0.15, 0.2) is 0 Å². The predicted octanol–water partition coefficient (Wildman–Crippen LogP) is 2.32. The summed E-state index contributed by atoms with van der Waals surface area (Å²) in [5.74, 6) is -0.133. The molecule has 1 fully saturated rings. The molecule has 1 unspecified atom stereocenters. The minimum absolute atomic E-state index is 0.133. The fourth-order valence-corrected chi connectivity index (χ4v) is 2.39. The molecule has 17 heavy (non-hydrogen) atoms. The van der Waals surface area contributed by atoms with E-state index in [1.165, 1.54) is 18.1 Å². The van der Waals surface area contributed by atoms with Crippen molar-refractivity contribution in [2.24, 2.45) is 0 Å². The lowest BCUT2D eigenvalue weighted by Gasteiger charge is -2.23. The lowest BCUT2D eigenvalue weighted by atomic mass is 10.1. The minimum Gasteiger partial charge on any atom is -0.313 e. The highest BCUT2D eigenvalue weighted by atomic mass is 19.1. The van der Waals surface area contributed by atoms with E-state index in [9.17, 15) is 4.39 Å². The maximum Gasteiger partial charge on any atom is 0.123 e. The largest absolute Gasteiger partial charge is 0.313 e. The first-order chi connectivity index (χ1) is 8.15. The molecule has 1 aliphatic heterocycles. The van der Waals surface area contributed by atoms with Gasteiger partial charge >= 0.3 is 0 Å². The van der Waals surface area contributed by atoms with Crippen molar-refractivity contribution >= 4 is 0 Å². The van der Waals surface area contributed by atoms with Crippen molar-refractivity contribution in [2.75, 3.05) is 19.6 Å². The Balaban J connectivity index is 2.06. The Morgan fingerprint density at radius 2 is 2.29 bits per heavy atom. The Labute approximate surface area is 103 Å². The van der Waals surface area contributed by atoms with Gasteiger partial charge in [0, 0.05) is 19.1 Å². The van der Waals surface area contributed by atoms with Crippen molar-refractivity contribution < 1.29 is 4.39 Å². The van der Waals surface area contributed by atoms with E-state index in [1.54, 1.807) is 6.07 Å². The van der Waals surface area contributed by atoms with Crippen LogP contribution in [0.2, 0.25) is 0 Å². The first kappa shape index (κ1) is 12.5. The Morgan fingerprint density at radius 1 is 1.47 bits per heavy atom. The molecule has 0 aromatic heterocycles. The van der Waals surface area contributed by atoms with Crippen molar-refractivity contribution in [1.29, 1.82) is 0 Å². The van der Waals surface area contributed by atoms with E-state index in [4.69, 9.17) is 0 Å². The number of hydrogen-bond donors (Lipinski definition) is 1. The molecule has 1 atom stereocenters. The topological polar surface area (TPSA) is 15.3 Å². The Kier molecular flexibility index (Phi) is 4.13. The average Bonchev–Trinajstić information content (AvgIpc) is 2.48. The van der Waals surface area contributed by atoms with Crippen molar-refractivity contribution in [2.45, 2.75) is 32.9 Å². The van der Waals surface area contributed by atoms with Gasteiger partial charge in [-0.25, -0.2) is 4.39 Å². The van der Waals surface area contributed by atoms with Gasteiger partial charge in [0.05, 0.1) is 0 Å². The highest BCUT2D eigenvalue weighted by molar-refractivity contribution is 5.26. The average molecular weight is 236 g/mol. The molecule has 2 rings (SSSR count). The SMILES string of the molecule is Cc1ccc(F)cc1CN1CCCNC(C)C1. The van der Waals surface area contributed by atoms with Crippen molar-refractivity contribution in [3.63, 3.8) is 0 Å². The number of halogens is 1. The van der Waals surface area contributed by atoms with Crippen LogP contribution in [0.25, 0.3) is 0 Å². The van der Waals surface area contributed by atoms with Crippen LogP contribution in [0.1, 0.15) is 24.5 Å². The Morgan fingerprint density at radius 3 is 3.12 bits per heavy atom. The van der Waals surface area contributed by atoms with Crippen molar-refractivity contribution in [3.05, 3.63) is 35.1 Å². The first-order valence-electron chi connectivity index (χ1n) is 6.36. The summed E-state index contributed by atoms with van der Waals surface area (Å²) in [7, 11) is 0. The standard InChI is InChI=1S/C14H21FN2/c1-11-4-5-14(15)8-13(11)10-17-7-3-6-16-12(2)9-17/h4-5,8,12,16H,3,6-7,9-10H2,1-2H3. The van der Waals surface area contributed by atoms with Crippen LogP contribution in [0.5, 0.6) is 0 Å². The Bertz CT molecular complexity index is 378. The molecule has 1 heterocycles. The van der Waals surface area contributed by atoms with E-state index in [0.29, 0.717) is 6.04 Å². The second-order valence-electron chi connectivity index (χ2n) is 5.01. The molecule has 1 aromatic rings. The zero-order chi connectivity index (χ0) is 12.3. The van der Waals surface area contributed by atoms with E-state index < -0.39 is 0 Å². The molecule has 1 aromatic carbocycles. The third-order valence-corrected chi connectivity index (χ3v) is 3.38. The van der Waals surface area contributed by atoms with Gasteiger partial charge in [-0.05, 0) is 56.6 Å². The lowest BCUT2D eigenvalue weighted by molar-refractivity contribution is 0.264. The molecule has 0 spiro atoms. The molecule has 0 bridgehead atoms. The summed E-state index contributed by atoms with van der Waals surface area (Å²) in [6, 6.07) is 5.58. The van der Waals surface area contributed by atoms with Crippen LogP contribution in [0.15, 0.2) is 18.2 Å². The fourth-order valence-electron chi connectivity index (χ4n) is 2.39. The van der Waals surface area contributed by atoms with Gasteiger partial charge in [-0.15, -0.1) is 0 Å². The lowest BCUT2D eigenvalue weighted by Crippen LogP contribution is -2.35. The summed E-state index contributed by atoms with van der Waals surface area (Å²) >= 11 is 0. The minimum atomic E-state index is -0.133. The Hall–Kier alpha value is -0.930. The van der Waals surface area contributed by atoms with Gasteiger partial charge in [-0.3, -0.25) is 4.90 Å². The van der Waals surface area contributed by atoms with Gasteiger partial charge in [-0.1, -0.05) is 6.07 Å². The molecule has 94 valence electrons. The monoisotopic (exact) mass is 236 g/mol. The summed E-state index contributed by atoms with van der Waals surface area (Å²) in [5.41, 5.74) is 2.29.